The van der Waals surface area contributed by atoms with E-state index in [4.69, 9.17) is 16.7 Å². The predicted molar refractivity (Wildman–Crippen MR) is 174 cm³/mol. The quantitative estimate of drug-likeness (QED) is 0.104. The third-order valence-corrected chi connectivity index (χ3v) is 8.51. The molecular weight excluding hydrogens is 576 g/mol. The van der Waals surface area contributed by atoms with Gasteiger partial charge in [-0.2, -0.15) is 0 Å². The van der Waals surface area contributed by atoms with Crippen LogP contribution in [-0.4, -0.2) is 32.3 Å². The van der Waals surface area contributed by atoms with Gasteiger partial charge in [0.15, 0.2) is 5.16 Å². The van der Waals surface area contributed by atoms with E-state index in [1.54, 1.807) is 30.0 Å². The van der Waals surface area contributed by atoms with Crippen molar-refractivity contribution in [2.24, 2.45) is 0 Å². The van der Waals surface area contributed by atoms with Crippen molar-refractivity contribution in [2.75, 3.05) is 6.54 Å². The number of nitrogens with one attached hydrogen (secondary N) is 1. The van der Waals surface area contributed by atoms with Crippen molar-refractivity contribution in [3.63, 3.8) is 0 Å². The van der Waals surface area contributed by atoms with Crippen molar-refractivity contribution in [2.45, 2.75) is 49.4 Å². The van der Waals surface area contributed by atoms with Crippen molar-refractivity contribution in [1.29, 1.82) is 0 Å². The third-order valence-electron chi connectivity index (χ3n) is 7.28. The number of halogens is 1. The van der Waals surface area contributed by atoms with Gasteiger partial charge in [0.2, 0.25) is 0 Å². The van der Waals surface area contributed by atoms with Crippen LogP contribution in [0.3, 0.4) is 0 Å². The Hall–Kier alpha value is -4.07. The second-order valence-corrected chi connectivity index (χ2v) is 12.0. The number of carbonyl (C=O) groups excluding carboxylic acids is 1. The fraction of sp³-hybridized carbons (Fsp3) is 0.229. The zero-order valence-corrected chi connectivity index (χ0v) is 25.7. The smallest absolute Gasteiger partial charge is 0.255 e. The molecule has 0 aliphatic heterocycles. The van der Waals surface area contributed by atoms with Crippen LogP contribution < -0.4 is 5.32 Å². The van der Waals surface area contributed by atoms with E-state index in [0.29, 0.717) is 11.6 Å². The normalized spacial score (nSPS) is 11.8. The second-order valence-electron chi connectivity index (χ2n) is 10.6. The van der Waals surface area contributed by atoms with Gasteiger partial charge in [0.05, 0.1) is 11.3 Å². The van der Waals surface area contributed by atoms with Crippen LogP contribution in [0.4, 0.5) is 0 Å². The molecule has 0 aliphatic carbocycles. The minimum Gasteiger partial charge on any atom is -0.507 e. The zero-order chi connectivity index (χ0) is 30.0. The maximum absolute atomic E-state index is 12.5. The lowest BCUT2D eigenvalue weighted by molar-refractivity contribution is 0.0950. The predicted octanol–water partition coefficient (Wildman–Crippen LogP) is 8.15. The molecule has 220 valence electrons. The highest BCUT2D eigenvalue weighted by atomic mass is 35.5. The molecule has 0 fully saturated rings. The van der Waals surface area contributed by atoms with Crippen molar-refractivity contribution in [3.8, 4) is 11.4 Å². The summed E-state index contributed by atoms with van der Waals surface area (Å²) in [5, 5.41) is 23.9. The third kappa shape index (κ3) is 8.27. The summed E-state index contributed by atoms with van der Waals surface area (Å²) in [6.07, 6.45) is 3.35. The summed E-state index contributed by atoms with van der Waals surface area (Å²) in [7, 11) is 0. The van der Waals surface area contributed by atoms with Crippen LogP contribution in [0.1, 0.15) is 58.1 Å². The van der Waals surface area contributed by atoms with E-state index in [1.165, 1.54) is 22.8 Å². The van der Waals surface area contributed by atoms with E-state index in [1.807, 2.05) is 30.3 Å². The SMILES string of the molecule is Cc1cccc(CSc2nnc(C(CCCCNC(=O)c3ccccc3O)Cc3ccccc3)n2-c2cccc(Cl)c2)c1. The standard InChI is InChI=1S/C35H35ClN4O2S/c1-25-11-9-14-27(21-25)24-43-35-39-38-33(40(35)30-17-10-16-29(36)23-30)28(22-26-12-3-2-4-13-26)15-7-8-20-37-34(42)31-18-5-6-19-32(31)41/h2-6,9-14,16-19,21,23,28,41H,7-8,15,20,22,24H2,1H3,(H,37,42). The molecule has 1 heterocycles. The number of thioether (sulfide) groups is 1. The largest absolute Gasteiger partial charge is 0.507 e. The van der Waals surface area contributed by atoms with Crippen LogP contribution >= 0.6 is 23.4 Å². The molecule has 0 saturated carbocycles. The molecule has 0 radical (unpaired) electrons. The van der Waals surface area contributed by atoms with E-state index in [9.17, 15) is 9.90 Å². The van der Waals surface area contributed by atoms with E-state index >= 15 is 0 Å². The van der Waals surface area contributed by atoms with Gasteiger partial charge >= 0.3 is 0 Å². The van der Waals surface area contributed by atoms with E-state index in [2.05, 4.69) is 70.4 Å². The summed E-state index contributed by atoms with van der Waals surface area (Å²) in [5.41, 5.74) is 4.92. The molecule has 1 atom stereocenters. The van der Waals surface area contributed by atoms with Gasteiger partial charge < -0.3 is 10.4 Å². The molecule has 2 N–H and O–H groups in total. The number of nitrogens with zero attached hydrogens (tertiary/aromatic N) is 3. The molecule has 0 spiro atoms. The highest BCUT2D eigenvalue weighted by Crippen LogP contribution is 2.33. The average Bonchev–Trinajstić information content (AvgIpc) is 3.44. The maximum Gasteiger partial charge on any atom is 0.255 e. The van der Waals surface area contributed by atoms with Gasteiger partial charge in [-0.3, -0.25) is 9.36 Å². The van der Waals surface area contributed by atoms with E-state index in [0.717, 1.165) is 48.1 Å². The maximum atomic E-state index is 12.5. The minimum atomic E-state index is -0.269. The number of aryl methyl sites for hydroxylation is 1. The van der Waals surface area contributed by atoms with E-state index in [-0.39, 0.29) is 23.1 Å². The first-order valence-corrected chi connectivity index (χ1v) is 15.8. The molecule has 6 nitrogen and oxygen atoms in total. The van der Waals surface area contributed by atoms with Crippen molar-refractivity contribution in [3.05, 3.63) is 136 Å². The Morgan fingerprint density at radius 3 is 2.47 bits per heavy atom. The number of phenolic OH excluding ortho intramolecular Hbond substituents is 1. The molecule has 0 bridgehead atoms. The van der Waals surface area contributed by atoms with Crippen molar-refractivity contribution < 1.29 is 9.90 Å². The average molecular weight is 611 g/mol. The van der Waals surface area contributed by atoms with Gasteiger partial charge in [0.1, 0.15) is 11.6 Å². The fourth-order valence-electron chi connectivity index (χ4n) is 5.15. The Morgan fingerprint density at radius 1 is 0.907 bits per heavy atom. The lowest BCUT2D eigenvalue weighted by atomic mass is 9.93. The number of benzene rings is 4. The zero-order valence-electron chi connectivity index (χ0n) is 24.1. The number of unbranched alkanes of at least 4 members (excludes halogenated alkanes) is 1. The van der Waals surface area contributed by atoms with Gasteiger partial charge in [-0.25, -0.2) is 0 Å². The monoisotopic (exact) mass is 610 g/mol. The summed E-state index contributed by atoms with van der Waals surface area (Å²) < 4.78 is 2.15. The fourth-order valence-corrected chi connectivity index (χ4v) is 6.23. The highest BCUT2D eigenvalue weighted by molar-refractivity contribution is 7.98. The van der Waals surface area contributed by atoms with Crippen LogP contribution in [0, 0.1) is 6.92 Å². The van der Waals surface area contributed by atoms with Crippen LogP contribution in [0.15, 0.2) is 108 Å². The molecule has 1 amide bonds. The first kappa shape index (κ1) is 30.4. The molecule has 8 heteroatoms. The number of hydrogen-bond acceptors (Lipinski definition) is 5. The van der Waals surface area contributed by atoms with Crippen molar-refractivity contribution >= 4 is 29.3 Å². The van der Waals surface area contributed by atoms with Gasteiger partial charge in [-0.15, -0.1) is 10.2 Å². The molecule has 5 rings (SSSR count). The Balaban J connectivity index is 1.36. The van der Waals surface area contributed by atoms with Crippen LogP contribution in [0.5, 0.6) is 5.75 Å². The molecule has 0 saturated heterocycles. The number of hydrogen-bond donors (Lipinski definition) is 2. The van der Waals surface area contributed by atoms with Gasteiger partial charge in [-0.1, -0.05) is 108 Å². The van der Waals surface area contributed by atoms with Crippen molar-refractivity contribution in [1.82, 2.24) is 20.1 Å². The van der Waals surface area contributed by atoms with Crippen LogP contribution in [0.2, 0.25) is 5.02 Å². The number of rotatable bonds is 13. The Labute approximate surface area is 262 Å². The summed E-state index contributed by atoms with van der Waals surface area (Å²) in [6, 6.07) is 33.4. The van der Waals surface area contributed by atoms with E-state index < -0.39 is 0 Å². The molecule has 43 heavy (non-hydrogen) atoms. The number of phenols is 1. The number of para-hydroxylation sites is 1. The first-order chi connectivity index (χ1) is 21.0. The number of aromatic hydroxyl groups is 1. The van der Waals surface area contributed by atoms with Crippen LogP contribution in [0.25, 0.3) is 5.69 Å². The lowest BCUT2D eigenvalue weighted by Gasteiger charge is -2.19. The second kappa shape index (κ2) is 14.9. The van der Waals surface area contributed by atoms with Gasteiger partial charge in [0, 0.05) is 23.2 Å². The van der Waals surface area contributed by atoms with Crippen LogP contribution in [-0.2, 0) is 12.2 Å². The molecule has 1 aromatic heterocycles. The number of carbonyl (C=O) groups is 1. The Kier molecular flexibility index (Phi) is 10.5. The highest BCUT2D eigenvalue weighted by Gasteiger charge is 2.23. The Morgan fingerprint density at radius 2 is 1.67 bits per heavy atom. The minimum absolute atomic E-state index is 0.0145. The molecule has 5 aromatic rings. The lowest BCUT2D eigenvalue weighted by Crippen LogP contribution is -2.24. The number of amides is 1. The molecule has 1 unspecified atom stereocenters. The van der Waals surface area contributed by atoms with Gasteiger partial charge in [-0.05, 0) is 67.6 Å². The summed E-state index contributed by atoms with van der Waals surface area (Å²) in [4.78, 5) is 12.5. The first-order valence-electron chi connectivity index (χ1n) is 14.5. The molecule has 4 aromatic carbocycles. The van der Waals surface area contributed by atoms with Gasteiger partial charge in [0.25, 0.3) is 5.91 Å². The molecular formula is C35H35ClN4O2S. The Bertz CT molecular complexity index is 1660. The summed E-state index contributed by atoms with van der Waals surface area (Å²) in [6.45, 7) is 2.62. The molecule has 0 aliphatic rings. The summed E-state index contributed by atoms with van der Waals surface area (Å²) in [5.74, 6) is 1.49. The summed E-state index contributed by atoms with van der Waals surface area (Å²) >= 11 is 8.12. The topological polar surface area (TPSA) is 80.0 Å². The number of aromatic nitrogens is 3.